The molecule has 0 spiro atoms. The molecule has 0 aromatic rings. The predicted octanol–water partition coefficient (Wildman–Crippen LogP) is 4.06. The lowest BCUT2D eigenvalue weighted by atomic mass is 9.99. The molecule has 0 aliphatic heterocycles. The van der Waals surface area contributed by atoms with Gasteiger partial charge in [0, 0.05) is 12.6 Å². The van der Waals surface area contributed by atoms with Gasteiger partial charge in [0.25, 0.3) is 0 Å². The number of hydrogen-bond donors (Lipinski definition) is 0. The van der Waals surface area contributed by atoms with Gasteiger partial charge in [-0.2, -0.15) is 0 Å². The molecule has 1 heteroatoms. The van der Waals surface area contributed by atoms with Crippen LogP contribution in [0, 0.1) is 5.92 Å². The first kappa shape index (κ1) is 13.5. The molecule has 84 valence electrons. The van der Waals surface area contributed by atoms with Gasteiger partial charge in [-0.15, -0.1) is 0 Å². The Morgan fingerprint density at radius 1 is 1.21 bits per heavy atom. The van der Waals surface area contributed by atoms with Gasteiger partial charge < -0.3 is 4.90 Å². The zero-order valence-corrected chi connectivity index (χ0v) is 10.6. The Labute approximate surface area is 90.2 Å². The van der Waals surface area contributed by atoms with E-state index in [4.69, 9.17) is 0 Å². The van der Waals surface area contributed by atoms with Gasteiger partial charge in [0.15, 0.2) is 0 Å². The van der Waals surface area contributed by atoms with Crippen LogP contribution in [0.15, 0.2) is 12.3 Å². The summed E-state index contributed by atoms with van der Waals surface area (Å²) in [6.45, 7) is 12.4. The summed E-state index contributed by atoms with van der Waals surface area (Å²) in [6, 6.07) is 0.737. The van der Waals surface area contributed by atoms with Crippen molar-refractivity contribution in [3.63, 3.8) is 0 Å². The SMILES string of the molecule is C/C=C\N(CC)C(CCC)CC(C)C. The molecule has 0 saturated heterocycles. The fraction of sp³-hybridized carbons (Fsp3) is 0.846. The summed E-state index contributed by atoms with van der Waals surface area (Å²) >= 11 is 0. The minimum atomic E-state index is 0.737. The molecule has 0 amide bonds. The molecule has 1 nitrogen and oxygen atoms in total. The van der Waals surface area contributed by atoms with Gasteiger partial charge in [-0.05, 0) is 38.8 Å². The van der Waals surface area contributed by atoms with E-state index >= 15 is 0 Å². The van der Waals surface area contributed by atoms with Gasteiger partial charge in [-0.3, -0.25) is 0 Å². The van der Waals surface area contributed by atoms with Crippen molar-refractivity contribution in [3.8, 4) is 0 Å². The van der Waals surface area contributed by atoms with Gasteiger partial charge >= 0.3 is 0 Å². The Balaban J connectivity index is 4.26. The van der Waals surface area contributed by atoms with Crippen LogP contribution in [0.25, 0.3) is 0 Å². The standard InChI is InChI=1S/C13H27N/c1-6-9-13(11-12(4)5)14(8-3)10-7-2/h7,10,12-13H,6,8-9,11H2,1-5H3/b10-7-. The first-order valence-electron chi connectivity index (χ1n) is 6.04. The second-order valence-electron chi connectivity index (χ2n) is 4.38. The van der Waals surface area contributed by atoms with Crippen LogP contribution < -0.4 is 0 Å². The summed E-state index contributed by atoms with van der Waals surface area (Å²) in [6.07, 6.45) is 8.29. The molecule has 1 unspecified atom stereocenters. The van der Waals surface area contributed by atoms with Crippen molar-refractivity contribution in [2.75, 3.05) is 6.54 Å². The van der Waals surface area contributed by atoms with Crippen molar-refractivity contribution in [3.05, 3.63) is 12.3 Å². The van der Waals surface area contributed by atoms with E-state index in [0.717, 1.165) is 18.5 Å². The van der Waals surface area contributed by atoms with Gasteiger partial charge in [0.2, 0.25) is 0 Å². The van der Waals surface area contributed by atoms with Gasteiger partial charge in [-0.25, -0.2) is 0 Å². The molecular weight excluding hydrogens is 170 g/mol. The number of nitrogens with zero attached hydrogens (tertiary/aromatic N) is 1. The Bertz CT molecular complexity index is 149. The Morgan fingerprint density at radius 2 is 1.86 bits per heavy atom. The number of rotatable bonds is 7. The van der Waals surface area contributed by atoms with E-state index in [1.165, 1.54) is 19.3 Å². The molecule has 0 heterocycles. The van der Waals surface area contributed by atoms with Crippen LogP contribution >= 0.6 is 0 Å². The Kier molecular flexibility index (Phi) is 7.64. The van der Waals surface area contributed by atoms with Crippen molar-refractivity contribution >= 4 is 0 Å². The minimum Gasteiger partial charge on any atom is -0.375 e. The summed E-state index contributed by atoms with van der Waals surface area (Å²) in [7, 11) is 0. The zero-order chi connectivity index (χ0) is 11.0. The van der Waals surface area contributed by atoms with Crippen molar-refractivity contribution in [1.82, 2.24) is 4.90 Å². The largest absolute Gasteiger partial charge is 0.375 e. The molecule has 14 heavy (non-hydrogen) atoms. The van der Waals surface area contributed by atoms with Gasteiger partial charge in [-0.1, -0.05) is 33.3 Å². The molecule has 0 aliphatic rings. The molecule has 0 fully saturated rings. The topological polar surface area (TPSA) is 3.24 Å². The minimum absolute atomic E-state index is 0.737. The first-order chi connectivity index (χ1) is 6.65. The zero-order valence-electron chi connectivity index (χ0n) is 10.6. The van der Waals surface area contributed by atoms with E-state index in [-0.39, 0.29) is 0 Å². The van der Waals surface area contributed by atoms with E-state index < -0.39 is 0 Å². The highest BCUT2D eigenvalue weighted by molar-refractivity contribution is 4.84. The van der Waals surface area contributed by atoms with Crippen LogP contribution in [0.2, 0.25) is 0 Å². The van der Waals surface area contributed by atoms with Gasteiger partial charge in [0.1, 0.15) is 0 Å². The molecule has 1 atom stereocenters. The van der Waals surface area contributed by atoms with Crippen molar-refractivity contribution in [2.45, 2.75) is 59.9 Å². The molecule has 0 radical (unpaired) electrons. The van der Waals surface area contributed by atoms with Crippen molar-refractivity contribution in [2.24, 2.45) is 5.92 Å². The summed E-state index contributed by atoms with van der Waals surface area (Å²) in [4.78, 5) is 2.48. The van der Waals surface area contributed by atoms with Crippen LogP contribution in [-0.2, 0) is 0 Å². The van der Waals surface area contributed by atoms with Crippen LogP contribution in [0.5, 0.6) is 0 Å². The molecule has 0 aromatic carbocycles. The smallest absolute Gasteiger partial charge is 0.0286 e. The van der Waals surface area contributed by atoms with E-state index in [1.807, 2.05) is 0 Å². The molecule has 0 bridgehead atoms. The molecule has 0 aromatic heterocycles. The summed E-state index contributed by atoms with van der Waals surface area (Å²) in [5, 5.41) is 0. The molecule has 0 rings (SSSR count). The summed E-state index contributed by atoms with van der Waals surface area (Å²) < 4.78 is 0. The lowest BCUT2D eigenvalue weighted by molar-refractivity contribution is 0.237. The molecule has 0 N–H and O–H groups in total. The average Bonchev–Trinajstić information content (AvgIpc) is 2.13. The predicted molar refractivity (Wildman–Crippen MR) is 65.3 cm³/mol. The summed E-state index contributed by atoms with van der Waals surface area (Å²) in [5.74, 6) is 0.797. The highest BCUT2D eigenvalue weighted by atomic mass is 15.1. The van der Waals surface area contributed by atoms with E-state index in [9.17, 15) is 0 Å². The summed E-state index contributed by atoms with van der Waals surface area (Å²) in [5.41, 5.74) is 0. The third kappa shape index (κ3) is 5.31. The van der Waals surface area contributed by atoms with Crippen LogP contribution in [0.3, 0.4) is 0 Å². The second-order valence-corrected chi connectivity index (χ2v) is 4.38. The highest BCUT2D eigenvalue weighted by Crippen LogP contribution is 2.16. The molecular formula is C13H27N. The van der Waals surface area contributed by atoms with Gasteiger partial charge in [0.05, 0.1) is 0 Å². The monoisotopic (exact) mass is 197 g/mol. The fourth-order valence-corrected chi connectivity index (χ4v) is 1.97. The maximum Gasteiger partial charge on any atom is 0.0286 e. The van der Waals surface area contributed by atoms with E-state index in [2.05, 4.69) is 51.8 Å². The van der Waals surface area contributed by atoms with E-state index in [1.54, 1.807) is 0 Å². The third-order valence-electron chi connectivity index (χ3n) is 2.54. The maximum atomic E-state index is 2.48. The highest BCUT2D eigenvalue weighted by Gasteiger charge is 2.14. The van der Waals surface area contributed by atoms with Crippen LogP contribution in [0.1, 0.15) is 53.9 Å². The average molecular weight is 197 g/mol. The second kappa shape index (κ2) is 7.90. The molecule has 0 saturated carbocycles. The lowest BCUT2D eigenvalue weighted by Crippen LogP contribution is -2.31. The normalized spacial score (nSPS) is 13.9. The Morgan fingerprint density at radius 3 is 2.21 bits per heavy atom. The number of hydrogen-bond acceptors (Lipinski definition) is 1. The Hall–Kier alpha value is -0.460. The van der Waals surface area contributed by atoms with Crippen LogP contribution in [0.4, 0.5) is 0 Å². The number of allylic oxidation sites excluding steroid dienone is 1. The maximum absolute atomic E-state index is 2.48. The van der Waals surface area contributed by atoms with Crippen molar-refractivity contribution in [1.29, 1.82) is 0 Å². The third-order valence-corrected chi connectivity index (χ3v) is 2.54. The van der Waals surface area contributed by atoms with E-state index in [0.29, 0.717) is 0 Å². The fourth-order valence-electron chi connectivity index (χ4n) is 1.97. The first-order valence-corrected chi connectivity index (χ1v) is 6.04. The van der Waals surface area contributed by atoms with Crippen molar-refractivity contribution < 1.29 is 0 Å². The molecule has 0 aliphatic carbocycles. The quantitative estimate of drug-likeness (QED) is 0.595. The van der Waals surface area contributed by atoms with Crippen LogP contribution in [-0.4, -0.2) is 17.5 Å². The lowest BCUT2D eigenvalue weighted by Gasteiger charge is -2.30.